The largest absolute Gasteiger partial charge is 0.479 e. The molecule has 2 atom stereocenters. The van der Waals surface area contributed by atoms with Crippen molar-refractivity contribution in [3.8, 4) is 0 Å². The van der Waals surface area contributed by atoms with Crippen LogP contribution >= 0.6 is 0 Å². The van der Waals surface area contributed by atoms with Gasteiger partial charge in [-0.25, -0.2) is 4.79 Å². The maximum atomic E-state index is 10.4. The van der Waals surface area contributed by atoms with Gasteiger partial charge < -0.3 is 21.7 Å². The summed E-state index contributed by atoms with van der Waals surface area (Å²) in [4.78, 5) is 10.4. The zero-order valence-corrected chi connectivity index (χ0v) is 7.42. The van der Waals surface area contributed by atoms with Crippen LogP contribution in [-0.2, 0) is 4.79 Å². The van der Waals surface area contributed by atoms with Crippen molar-refractivity contribution in [2.45, 2.75) is 12.1 Å². The lowest BCUT2D eigenvalue weighted by molar-refractivity contribution is -0.147. The molecular weight excluding hydrogens is 184 g/mol. The molecule has 0 aliphatic heterocycles. The van der Waals surface area contributed by atoms with Crippen LogP contribution in [-0.4, -0.2) is 22.3 Å². The summed E-state index contributed by atoms with van der Waals surface area (Å²) >= 11 is 0. The molecule has 2 unspecified atom stereocenters. The highest BCUT2D eigenvalue weighted by molar-refractivity contribution is 5.73. The van der Waals surface area contributed by atoms with Gasteiger partial charge in [-0.05, 0) is 17.7 Å². The van der Waals surface area contributed by atoms with Crippen LogP contribution in [0.1, 0.15) is 11.6 Å². The smallest absolute Gasteiger partial charge is 0.334 e. The monoisotopic (exact) mass is 196 g/mol. The minimum absolute atomic E-state index is 0.482. The molecule has 5 nitrogen and oxygen atoms in total. The number of aliphatic hydroxyl groups excluding tert-OH is 1. The van der Waals surface area contributed by atoms with Crippen molar-refractivity contribution in [1.29, 1.82) is 0 Å². The molecule has 0 saturated carbocycles. The van der Waals surface area contributed by atoms with Crippen LogP contribution in [0.5, 0.6) is 0 Å². The van der Waals surface area contributed by atoms with Gasteiger partial charge in [0, 0.05) is 5.69 Å². The van der Waals surface area contributed by atoms with E-state index in [2.05, 4.69) is 0 Å². The minimum Gasteiger partial charge on any atom is -0.479 e. The molecular formula is C9H12N2O3. The zero-order valence-electron chi connectivity index (χ0n) is 7.42. The second kappa shape index (κ2) is 4.08. The van der Waals surface area contributed by atoms with Crippen molar-refractivity contribution < 1.29 is 15.0 Å². The van der Waals surface area contributed by atoms with Crippen LogP contribution in [0.25, 0.3) is 0 Å². The molecule has 0 amide bonds. The lowest BCUT2D eigenvalue weighted by Gasteiger charge is -2.15. The molecule has 0 aromatic heterocycles. The maximum absolute atomic E-state index is 10.4. The van der Waals surface area contributed by atoms with Crippen molar-refractivity contribution >= 4 is 11.7 Å². The Morgan fingerprint density at radius 3 is 2.57 bits per heavy atom. The third-order valence-electron chi connectivity index (χ3n) is 1.89. The Kier molecular flexibility index (Phi) is 3.06. The highest BCUT2D eigenvalue weighted by Crippen LogP contribution is 2.16. The summed E-state index contributed by atoms with van der Waals surface area (Å²) in [6, 6.07) is 5.50. The molecule has 0 aliphatic carbocycles. The average Bonchev–Trinajstić information content (AvgIpc) is 2.15. The lowest BCUT2D eigenvalue weighted by Crippen LogP contribution is -2.33. The number of anilines is 1. The molecule has 5 heteroatoms. The molecule has 1 aromatic rings. The molecule has 0 bridgehead atoms. The van der Waals surface area contributed by atoms with E-state index < -0.39 is 18.1 Å². The number of nitrogens with two attached hydrogens (primary N) is 2. The predicted octanol–water partition coefficient (Wildman–Crippen LogP) is -0.286. The van der Waals surface area contributed by atoms with Crippen LogP contribution in [0.4, 0.5) is 5.69 Å². The Morgan fingerprint density at radius 2 is 2.07 bits per heavy atom. The van der Waals surface area contributed by atoms with Gasteiger partial charge in [0.2, 0.25) is 0 Å². The quantitative estimate of drug-likeness (QED) is 0.497. The van der Waals surface area contributed by atoms with E-state index in [-0.39, 0.29) is 0 Å². The molecule has 14 heavy (non-hydrogen) atoms. The first-order valence-corrected chi connectivity index (χ1v) is 4.04. The fraction of sp³-hybridized carbons (Fsp3) is 0.222. The first kappa shape index (κ1) is 10.5. The number of hydrogen-bond acceptors (Lipinski definition) is 4. The molecule has 6 N–H and O–H groups in total. The van der Waals surface area contributed by atoms with E-state index in [1.54, 1.807) is 18.2 Å². The molecule has 1 aromatic carbocycles. The standard InChI is InChI=1S/C9H12N2O3/c10-6-3-1-2-5(4-6)7(11)8(12)9(13)14/h1-4,7-8,12H,10-11H2,(H,13,14). The summed E-state index contributed by atoms with van der Waals surface area (Å²) in [5.74, 6) is -1.35. The van der Waals surface area contributed by atoms with Crippen LogP contribution in [0.3, 0.4) is 0 Å². The third-order valence-corrected chi connectivity index (χ3v) is 1.89. The third kappa shape index (κ3) is 2.21. The van der Waals surface area contributed by atoms with E-state index in [0.29, 0.717) is 11.3 Å². The topological polar surface area (TPSA) is 110 Å². The van der Waals surface area contributed by atoms with Gasteiger partial charge in [0.05, 0.1) is 6.04 Å². The van der Waals surface area contributed by atoms with Gasteiger partial charge in [-0.2, -0.15) is 0 Å². The van der Waals surface area contributed by atoms with E-state index in [9.17, 15) is 9.90 Å². The van der Waals surface area contributed by atoms with Crippen molar-refractivity contribution in [2.75, 3.05) is 5.73 Å². The summed E-state index contributed by atoms with van der Waals surface area (Å²) in [6.07, 6.45) is -1.61. The second-order valence-corrected chi connectivity index (χ2v) is 2.98. The SMILES string of the molecule is Nc1cccc(C(N)C(O)C(=O)O)c1. The van der Waals surface area contributed by atoms with Crippen LogP contribution in [0.2, 0.25) is 0 Å². The first-order chi connectivity index (χ1) is 6.52. The lowest BCUT2D eigenvalue weighted by atomic mass is 10.0. The molecule has 0 aliphatic rings. The number of hydrogen-bond donors (Lipinski definition) is 4. The number of aliphatic carboxylic acids is 1. The Labute approximate surface area is 81.0 Å². The molecule has 0 heterocycles. The summed E-state index contributed by atoms with van der Waals surface area (Å²) in [7, 11) is 0. The zero-order chi connectivity index (χ0) is 10.7. The maximum Gasteiger partial charge on any atom is 0.334 e. The van der Waals surface area contributed by atoms with E-state index >= 15 is 0 Å². The number of benzene rings is 1. The van der Waals surface area contributed by atoms with Crippen molar-refractivity contribution in [3.05, 3.63) is 29.8 Å². The highest BCUT2D eigenvalue weighted by Gasteiger charge is 2.23. The van der Waals surface area contributed by atoms with E-state index in [0.717, 1.165) is 0 Å². The number of carboxylic acids is 1. The highest BCUT2D eigenvalue weighted by atomic mass is 16.4. The summed E-state index contributed by atoms with van der Waals surface area (Å²) < 4.78 is 0. The van der Waals surface area contributed by atoms with E-state index in [4.69, 9.17) is 16.6 Å². The van der Waals surface area contributed by atoms with Gasteiger partial charge in [-0.1, -0.05) is 12.1 Å². The summed E-state index contributed by atoms with van der Waals surface area (Å²) in [6.45, 7) is 0. The minimum atomic E-state index is -1.61. The number of aliphatic hydroxyl groups is 1. The first-order valence-electron chi connectivity index (χ1n) is 4.04. The fourth-order valence-electron chi connectivity index (χ4n) is 1.10. The van der Waals surface area contributed by atoms with Crippen LogP contribution in [0.15, 0.2) is 24.3 Å². The Morgan fingerprint density at radius 1 is 1.43 bits per heavy atom. The number of carbonyl (C=O) groups is 1. The van der Waals surface area contributed by atoms with Gasteiger partial charge in [-0.15, -0.1) is 0 Å². The van der Waals surface area contributed by atoms with Crippen molar-refractivity contribution in [3.63, 3.8) is 0 Å². The van der Waals surface area contributed by atoms with E-state index in [1.807, 2.05) is 0 Å². The van der Waals surface area contributed by atoms with Crippen molar-refractivity contribution in [2.24, 2.45) is 5.73 Å². The summed E-state index contributed by atoms with van der Waals surface area (Å²) in [5, 5.41) is 17.7. The Hall–Kier alpha value is -1.59. The number of nitrogen functional groups attached to an aromatic ring is 1. The predicted molar refractivity (Wildman–Crippen MR) is 51.4 cm³/mol. The Bertz CT molecular complexity index is 341. The average molecular weight is 196 g/mol. The van der Waals surface area contributed by atoms with Gasteiger partial charge in [0.1, 0.15) is 0 Å². The van der Waals surface area contributed by atoms with Gasteiger partial charge >= 0.3 is 5.97 Å². The molecule has 0 spiro atoms. The van der Waals surface area contributed by atoms with Crippen molar-refractivity contribution in [1.82, 2.24) is 0 Å². The number of rotatable bonds is 3. The van der Waals surface area contributed by atoms with E-state index in [1.165, 1.54) is 6.07 Å². The molecule has 1 rings (SSSR count). The molecule has 0 saturated heterocycles. The molecule has 0 fully saturated rings. The van der Waals surface area contributed by atoms with Crippen LogP contribution < -0.4 is 11.5 Å². The number of carboxylic acid groups (broad SMARTS) is 1. The summed E-state index contributed by atoms with van der Waals surface area (Å²) in [5.41, 5.74) is 12.0. The van der Waals surface area contributed by atoms with Gasteiger partial charge in [0.25, 0.3) is 0 Å². The molecule has 76 valence electrons. The van der Waals surface area contributed by atoms with Gasteiger partial charge in [0.15, 0.2) is 6.10 Å². The normalized spacial score (nSPS) is 14.7. The molecule has 0 radical (unpaired) electrons. The van der Waals surface area contributed by atoms with Crippen LogP contribution in [0, 0.1) is 0 Å². The fourth-order valence-corrected chi connectivity index (χ4v) is 1.10. The van der Waals surface area contributed by atoms with Gasteiger partial charge in [-0.3, -0.25) is 0 Å². The Balaban J connectivity index is 2.89. The second-order valence-electron chi connectivity index (χ2n) is 2.98.